The van der Waals surface area contributed by atoms with Crippen molar-refractivity contribution in [3.8, 4) is 5.75 Å². The van der Waals surface area contributed by atoms with Gasteiger partial charge in [-0.1, -0.05) is 17.7 Å². The molecule has 5 nitrogen and oxygen atoms in total. The van der Waals surface area contributed by atoms with Gasteiger partial charge >= 0.3 is 0 Å². The fourth-order valence-corrected chi connectivity index (χ4v) is 4.14. The molecule has 1 heterocycles. The summed E-state index contributed by atoms with van der Waals surface area (Å²) in [7, 11) is -1.79. The molecule has 1 atom stereocenters. The van der Waals surface area contributed by atoms with E-state index in [9.17, 15) is 8.42 Å². The molecule has 2 N–H and O–H groups in total. The smallest absolute Gasteiger partial charge is 0.212 e. The van der Waals surface area contributed by atoms with E-state index >= 15 is 0 Å². The molecule has 21 heavy (non-hydrogen) atoms. The van der Waals surface area contributed by atoms with Crippen LogP contribution in [0.2, 0.25) is 5.02 Å². The number of piperidine rings is 1. The van der Waals surface area contributed by atoms with Gasteiger partial charge in [-0.3, -0.25) is 0 Å². The Morgan fingerprint density at radius 3 is 2.95 bits per heavy atom. The number of hydrogen-bond acceptors (Lipinski definition) is 4. The van der Waals surface area contributed by atoms with Crippen molar-refractivity contribution in [1.29, 1.82) is 0 Å². The molecule has 2 rings (SSSR count). The molecule has 0 radical (unpaired) electrons. The lowest BCUT2D eigenvalue weighted by Gasteiger charge is -2.22. The lowest BCUT2D eigenvalue weighted by Crippen LogP contribution is -2.37. The molecule has 0 amide bonds. The molecule has 1 aliphatic rings. The minimum Gasteiger partial charge on any atom is -0.496 e. The molecule has 118 valence electrons. The van der Waals surface area contributed by atoms with Crippen LogP contribution in [0.25, 0.3) is 0 Å². The van der Waals surface area contributed by atoms with E-state index in [-0.39, 0.29) is 18.2 Å². The van der Waals surface area contributed by atoms with Gasteiger partial charge in [-0.05, 0) is 44.0 Å². The first-order valence-electron chi connectivity index (χ1n) is 7.01. The molecule has 0 aliphatic carbocycles. The zero-order chi connectivity index (χ0) is 15.3. The minimum atomic E-state index is -3.33. The Morgan fingerprint density at radius 2 is 2.29 bits per heavy atom. The number of halogens is 1. The van der Waals surface area contributed by atoms with Crippen LogP contribution in [0.4, 0.5) is 0 Å². The summed E-state index contributed by atoms with van der Waals surface area (Å²) in [5, 5.41) is 3.72. The van der Waals surface area contributed by atoms with Crippen molar-refractivity contribution in [1.82, 2.24) is 10.0 Å². The molecule has 7 heteroatoms. The van der Waals surface area contributed by atoms with Crippen LogP contribution in [-0.4, -0.2) is 34.4 Å². The first kappa shape index (κ1) is 16.5. The van der Waals surface area contributed by atoms with Crippen LogP contribution in [0.5, 0.6) is 5.75 Å². The highest BCUT2D eigenvalue weighted by Gasteiger charge is 2.21. The number of rotatable bonds is 6. The molecular formula is C14H21ClN2O3S. The fourth-order valence-electron chi connectivity index (χ4n) is 2.52. The largest absolute Gasteiger partial charge is 0.496 e. The molecule has 0 bridgehead atoms. The SMILES string of the molecule is COc1cccc(Cl)c1CNS(=O)(=O)CC1CCCNC1. The third-order valence-electron chi connectivity index (χ3n) is 3.62. The van der Waals surface area contributed by atoms with Crippen LogP contribution in [0.3, 0.4) is 0 Å². The molecule has 1 aliphatic heterocycles. The third kappa shape index (κ3) is 4.85. The maximum absolute atomic E-state index is 12.2. The van der Waals surface area contributed by atoms with Gasteiger partial charge in [0.2, 0.25) is 10.0 Å². The molecule has 0 aromatic heterocycles. The Bertz CT molecular complexity index is 572. The average molecular weight is 333 g/mol. The number of nitrogens with one attached hydrogen (secondary N) is 2. The Hall–Kier alpha value is -0.820. The molecule has 1 saturated heterocycles. The molecule has 0 saturated carbocycles. The topological polar surface area (TPSA) is 67.4 Å². The van der Waals surface area contributed by atoms with Crippen LogP contribution >= 0.6 is 11.6 Å². The average Bonchev–Trinajstić information content (AvgIpc) is 2.46. The second kappa shape index (κ2) is 7.45. The van der Waals surface area contributed by atoms with Gasteiger partial charge in [0.15, 0.2) is 0 Å². The zero-order valence-corrected chi connectivity index (χ0v) is 13.6. The van der Waals surface area contributed by atoms with E-state index in [1.165, 1.54) is 7.11 Å². The van der Waals surface area contributed by atoms with Gasteiger partial charge in [-0.15, -0.1) is 0 Å². The summed E-state index contributed by atoms with van der Waals surface area (Å²) >= 11 is 6.10. The first-order valence-corrected chi connectivity index (χ1v) is 9.04. The van der Waals surface area contributed by atoms with Crippen LogP contribution in [0.1, 0.15) is 18.4 Å². The Labute approximate surface area is 131 Å². The second-order valence-electron chi connectivity index (χ2n) is 5.24. The number of methoxy groups -OCH3 is 1. The number of hydrogen-bond donors (Lipinski definition) is 2. The quantitative estimate of drug-likeness (QED) is 0.833. The maximum atomic E-state index is 12.2. The number of benzene rings is 1. The van der Waals surface area contributed by atoms with Gasteiger partial charge in [0.05, 0.1) is 12.9 Å². The van der Waals surface area contributed by atoms with E-state index in [4.69, 9.17) is 16.3 Å². The van der Waals surface area contributed by atoms with Crippen molar-refractivity contribution in [2.75, 3.05) is 26.0 Å². The maximum Gasteiger partial charge on any atom is 0.212 e. The van der Waals surface area contributed by atoms with Gasteiger partial charge in [0.25, 0.3) is 0 Å². The normalized spacial score (nSPS) is 19.4. The summed E-state index contributed by atoms with van der Waals surface area (Å²) in [6.45, 7) is 1.88. The lowest BCUT2D eigenvalue weighted by molar-refractivity contribution is 0.401. The lowest BCUT2D eigenvalue weighted by atomic mass is 10.0. The Morgan fingerprint density at radius 1 is 1.48 bits per heavy atom. The van der Waals surface area contributed by atoms with Crippen molar-refractivity contribution in [2.24, 2.45) is 5.92 Å². The molecule has 1 unspecified atom stereocenters. The predicted octanol–water partition coefficient (Wildman–Crippen LogP) is 1.77. The second-order valence-corrected chi connectivity index (χ2v) is 7.49. The van der Waals surface area contributed by atoms with Crippen molar-refractivity contribution in [2.45, 2.75) is 19.4 Å². The monoisotopic (exact) mass is 332 g/mol. The first-order chi connectivity index (χ1) is 10.0. The third-order valence-corrected chi connectivity index (χ3v) is 5.47. The summed E-state index contributed by atoms with van der Waals surface area (Å²) in [5.41, 5.74) is 0.659. The Kier molecular flexibility index (Phi) is 5.87. The number of ether oxygens (including phenoxy) is 1. The van der Waals surface area contributed by atoms with Crippen LogP contribution in [-0.2, 0) is 16.6 Å². The molecule has 1 aromatic rings. The fraction of sp³-hybridized carbons (Fsp3) is 0.571. The van der Waals surface area contributed by atoms with E-state index in [1.54, 1.807) is 18.2 Å². The van der Waals surface area contributed by atoms with Crippen molar-refractivity contribution in [3.05, 3.63) is 28.8 Å². The van der Waals surface area contributed by atoms with Gasteiger partial charge in [0.1, 0.15) is 5.75 Å². The minimum absolute atomic E-state index is 0.144. The number of sulfonamides is 1. The highest BCUT2D eigenvalue weighted by molar-refractivity contribution is 7.89. The summed E-state index contributed by atoms with van der Waals surface area (Å²) in [6.07, 6.45) is 1.97. The van der Waals surface area contributed by atoms with E-state index in [0.717, 1.165) is 25.9 Å². The van der Waals surface area contributed by atoms with Gasteiger partial charge in [-0.25, -0.2) is 13.1 Å². The zero-order valence-electron chi connectivity index (χ0n) is 12.1. The highest BCUT2D eigenvalue weighted by atomic mass is 35.5. The van der Waals surface area contributed by atoms with E-state index < -0.39 is 10.0 Å². The molecule has 0 spiro atoms. The van der Waals surface area contributed by atoms with Crippen LogP contribution in [0.15, 0.2) is 18.2 Å². The summed E-state index contributed by atoms with van der Waals surface area (Å²) in [6, 6.07) is 5.26. The van der Waals surface area contributed by atoms with Crippen molar-refractivity contribution < 1.29 is 13.2 Å². The summed E-state index contributed by atoms with van der Waals surface area (Å²) in [5.74, 6) is 0.904. The molecule has 1 fully saturated rings. The van der Waals surface area contributed by atoms with Crippen molar-refractivity contribution in [3.63, 3.8) is 0 Å². The van der Waals surface area contributed by atoms with Crippen LogP contribution < -0.4 is 14.8 Å². The molecule has 1 aromatic carbocycles. The van der Waals surface area contributed by atoms with Gasteiger partial charge in [0, 0.05) is 17.1 Å². The van der Waals surface area contributed by atoms with E-state index in [0.29, 0.717) is 16.3 Å². The van der Waals surface area contributed by atoms with Crippen molar-refractivity contribution >= 4 is 21.6 Å². The highest BCUT2D eigenvalue weighted by Crippen LogP contribution is 2.26. The predicted molar refractivity (Wildman–Crippen MR) is 84.2 cm³/mol. The van der Waals surface area contributed by atoms with Gasteiger partial charge < -0.3 is 10.1 Å². The van der Waals surface area contributed by atoms with E-state index in [2.05, 4.69) is 10.0 Å². The van der Waals surface area contributed by atoms with Crippen LogP contribution in [0, 0.1) is 5.92 Å². The summed E-state index contributed by atoms with van der Waals surface area (Å²) < 4.78 is 32.2. The molecular weight excluding hydrogens is 312 g/mol. The Balaban J connectivity index is 1.98. The standard InChI is InChI=1S/C14H21ClN2O3S/c1-20-14-6-2-5-13(15)12(14)9-17-21(18,19)10-11-4-3-7-16-8-11/h2,5-6,11,16-17H,3-4,7-10H2,1H3. The summed E-state index contributed by atoms with van der Waals surface area (Å²) in [4.78, 5) is 0. The van der Waals surface area contributed by atoms with Gasteiger partial charge in [-0.2, -0.15) is 0 Å². The van der Waals surface area contributed by atoms with E-state index in [1.807, 2.05) is 0 Å².